The minimum Gasteiger partial charge on any atom is -0.384 e. The minimum atomic E-state index is -0.394. The van der Waals surface area contributed by atoms with E-state index >= 15 is 0 Å². The standard InChI is InChI=1S/C16H19N3O2/c20-19(21)16-8-6-15(7-9-16)18-13-12-17-11-10-14-4-2-1-3-5-14/h1-9,17-18H,10-13H2. The van der Waals surface area contributed by atoms with E-state index in [4.69, 9.17) is 0 Å². The number of rotatable bonds is 8. The van der Waals surface area contributed by atoms with E-state index in [1.165, 1.54) is 17.7 Å². The summed E-state index contributed by atoms with van der Waals surface area (Å²) in [6.45, 7) is 2.57. The van der Waals surface area contributed by atoms with E-state index in [0.717, 1.165) is 31.7 Å². The van der Waals surface area contributed by atoms with Gasteiger partial charge < -0.3 is 10.6 Å². The van der Waals surface area contributed by atoms with Crippen LogP contribution in [0.5, 0.6) is 0 Å². The van der Waals surface area contributed by atoms with Gasteiger partial charge in [0, 0.05) is 30.9 Å². The van der Waals surface area contributed by atoms with E-state index < -0.39 is 4.92 Å². The zero-order valence-electron chi connectivity index (χ0n) is 11.8. The molecule has 0 fully saturated rings. The first-order valence-corrected chi connectivity index (χ1v) is 6.99. The molecule has 0 saturated heterocycles. The molecule has 0 aliphatic carbocycles. The Labute approximate surface area is 124 Å². The minimum absolute atomic E-state index is 0.113. The van der Waals surface area contributed by atoms with Crippen molar-refractivity contribution in [2.24, 2.45) is 0 Å². The molecule has 2 rings (SSSR count). The van der Waals surface area contributed by atoms with Crippen LogP contribution < -0.4 is 10.6 Å². The summed E-state index contributed by atoms with van der Waals surface area (Å²) in [4.78, 5) is 10.1. The van der Waals surface area contributed by atoms with Gasteiger partial charge in [0.05, 0.1) is 4.92 Å². The molecule has 0 aliphatic rings. The lowest BCUT2D eigenvalue weighted by molar-refractivity contribution is -0.384. The van der Waals surface area contributed by atoms with Crippen LogP contribution in [0.1, 0.15) is 5.56 Å². The Kier molecular flexibility index (Phi) is 5.72. The highest BCUT2D eigenvalue weighted by molar-refractivity contribution is 5.48. The summed E-state index contributed by atoms with van der Waals surface area (Å²) >= 11 is 0. The first kappa shape index (κ1) is 15.0. The van der Waals surface area contributed by atoms with Crippen molar-refractivity contribution in [1.29, 1.82) is 0 Å². The second kappa shape index (κ2) is 8.01. The monoisotopic (exact) mass is 285 g/mol. The lowest BCUT2D eigenvalue weighted by Crippen LogP contribution is -2.24. The van der Waals surface area contributed by atoms with E-state index in [2.05, 4.69) is 22.8 Å². The van der Waals surface area contributed by atoms with Gasteiger partial charge in [-0.1, -0.05) is 30.3 Å². The lowest BCUT2D eigenvalue weighted by atomic mass is 10.1. The van der Waals surface area contributed by atoms with Gasteiger partial charge >= 0.3 is 0 Å². The maximum atomic E-state index is 10.5. The molecule has 0 aromatic heterocycles. The third-order valence-electron chi connectivity index (χ3n) is 3.14. The van der Waals surface area contributed by atoms with Crippen molar-refractivity contribution in [3.63, 3.8) is 0 Å². The number of benzene rings is 2. The molecule has 0 radical (unpaired) electrons. The number of nitrogens with one attached hydrogen (secondary N) is 2. The molecule has 0 unspecified atom stereocenters. The molecule has 0 spiro atoms. The van der Waals surface area contributed by atoms with Gasteiger partial charge in [0.2, 0.25) is 0 Å². The van der Waals surface area contributed by atoms with Crippen molar-refractivity contribution in [1.82, 2.24) is 5.32 Å². The van der Waals surface area contributed by atoms with Gasteiger partial charge in [-0.2, -0.15) is 0 Å². The van der Waals surface area contributed by atoms with Crippen LogP contribution in [0.15, 0.2) is 54.6 Å². The number of nitro benzene ring substituents is 1. The highest BCUT2D eigenvalue weighted by Crippen LogP contribution is 2.14. The number of nitrogens with zero attached hydrogens (tertiary/aromatic N) is 1. The maximum absolute atomic E-state index is 10.5. The molecule has 5 nitrogen and oxygen atoms in total. The Balaban J connectivity index is 1.60. The third-order valence-corrected chi connectivity index (χ3v) is 3.14. The number of non-ortho nitro benzene ring substituents is 1. The Morgan fingerprint density at radius 1 is 0.905 bits per heavy atom. The van der Waals surface area contributed by atoms with Crippen LogP contribution in [-0.4, -0.2) is 24.6 Å². The molecule has 0 aliphatic heterocycles. The largest absolute Gasteiger partial charge is 0.384 e. The van der Waals surface area contributed by atoms with Crippen molar-refractivity contribution < 1.29 is 4.92 Å². The molecule has 2 aromatic carbocycles. The second-order valence-corrected chi connectivity index (χ2v) is 4.72. The van der Waals surface area contributed by atoms with Crippen molar-refractivity contribution in [2.75, 3.05) is 25.0 Å². The molecule has 2 N–H and O–H groups in total. The lowest BCUT2D eigenvalue weighted by Gasteiger charge is -2.07. The predicted molar refractivity (Wildman–Crippen MR) is 84.6 cm³/mol. The van der Waals surface area contributed by atoms with Gasteiger partial charge in [-0.3, -0.25) is 10.1 Å². The summed E-state index contributed by atoms with van der Waals surface area (Å²) in [7, 11) is 0. The molecule has 2 aromatic rings. The Morgan fingerprint density at radius 3 is 2.29 bits per heavy atom. The van der Waals surface area contributed by atoms with E-state index in [-0.39, 0.29) is 5.69 Å². The molecule has 110 valence electrons. The average molecular weight is 285 g/mol. The van der Waals surface area contributed by atoms with Gasteiger partial charge in [0.25, 0.3) is 5.69 Å². The quantitative estimate of drug-likeness (QED) is 0.444. The fourth-order valence-corrected chi connectivity index (χ4v) is 2.00. The first-order valence-electron chi connectivity index (χ1n) is 6.99. The summed E-state index contributed by atoms with van der Waals surface area (Å²) in [6, 6.07) is 16.8. The van der Waals surface area contributed by atoms with Crippen molar-refractivity contribution in [3.05, 3.63) is 70.3 Å². The molecule has 0 amide bonds. The summed E-state index contributed by atoms with van der Waals surface area (Å²) in [5.74, 6) is 0. The summed E-state index contributed by atoms with van der Waals surface area (Å²) in [6.07, 6.45) is 1.01. The Bertz CT molecular complexity index is 555. The number of anilines is 1. The predicted octanol–water partition coefficient (Wildman–Crippen LogP) is 2.84. The van der Waals surface area contributed by atoms with Crippen LogP contribution in [0.25, 0.3) is 0 Å². The van der Waals surface area contributed by atoms with E-state index in [1.54, 1.807) is 12.1 Å². The number of hydrogen-bond acceptors (Lipinski definition) is 4. The average Bonchev–Trinajstić information content (AvgIpc) is 2.52. The maximum Gasteiger partial charge on any atom is 0.269 e. The van der Waals surface area contributed by atoms with Crippen LogP contribution in [0.4, 0.5) is 11.4 Å². The van der Waals surface area contributed by atoms with Gasteiger partial charge in [-0.05, 0) is 30.7 Å². The zero-order valence-corrected chi connectivity index (χ0v) is 11.8. The van der Waals surface area contributed by atoms with Crippen molar-refractivity contribution in [2.45, 2.75) is 6.42 Å². The molecule has 0 heterocycles. The first-order chi connectivity index (χ1) is 10.3. The molecule has 0 saturated carbocycles. The number of hydrogen-bond donors (Lipinski definition) is 2. The number of nitro groups is 1. The third kappa shape index (κ3) is 5.24. The van der Waals surface area contributed by atoms with Gasteiger partial charge in [-0.15, -0.1) is 0 Å². The van der Waals surface area contributed by atoms with Gasteiger partial charge in [0.15, 0.2) is 0 Å². The van der Waals surface area contributed by atoms with Crippen LogP contribution in [0, 0.1) is 10.1 Å². The highest BCUT2D eigenvalue weighted by atomic mass is 16.6. The van der Waals surface area contributed by atoms with Crippen molar-refractivity contribution in [3.8, 4) is 0 Å². The van der Waals surface area contributed by atoms with Gasteiger partial charge in [0.1, 0.15) is 0 Å². The fraction of sp³-hybridized carbons (Fsp3) is 0.250. The van der Waals surface area contributed by atoms with Gasteiger partial charge in [-0.25, -0.2) is 0 Å². The molecule has 0 atom stereocenters. The zero-order chi connectivity index (χ0) is 14.9. The molecule has 5 heteroatoms. The van der Waals surface area contributed by atoms with Crippen molar-refractivity contribution >= 4 is 11.4 Å². The normalized spacial score (nSPS) is 10.3. The smallest absolute Gasteiger partial charge is 0.269 e. The summed E-state index contributed by atoms with van der Waals surface area (Å²) in [5.41, 5.74) is 2.33. The molecular weight excluding hydrogens is 266 g/mol. The summed E-state index contributed by atoms with van der Waals surface area (Å²) < 4.78 is 0. The van der Waals surface area contributed by atoms with Crippen LogP contribution in [0.3, 0.4) is 0 Å². The van der Waals surface area contributed by atoms with E-state index in [0.29, 0.717) is 0 Å². The fourth-order valence-electron chi connectivity index (χ4n) is 2.00. The Morgan fingerprint density at radius 2 is 1.62 bits per heavy atom. The molecule has 21 heavy (non-hydrogen) atoms. The topological polar surface area (TPSA) is 67.2 Å². The van der Waals surface area contributed by atoms with Crippen LogP contribution in [-0.2, 0) is 6.42 Å². The van der Waals surface area contributed by atoms with Crippen LogP contribution in [0.2, 0.25) is 0 Å². The summed E-state index contributed by atoms with van der Waals surface area (Å²) in [5, 5.41) is 17.1. The molecular formula is C16H19N3O2. The SMILES string of the molecule is O=[N+]([O-])c1ccc(NCCNCCc2ccccc2)cc1. The second-order valence-electron chi connectivity index (χ2n) is 4.72. The van der Waals surface area contributed by atoms with E-state index in [9.17, 15) is 10.1 Å². The molecule has 0 bridgehead atoms. The Hall–Kier alpha value is -2.40. The highest BCUT2D eigenvalue weighted by Gasteiger charge is 2.02. The van der Waals surface area contributed by atoms with E-state index in [1.807, 2.05) is 18.2 Å². The van der Waals surface area contributed by atoms with Crippen LogP contribution >= 0.6 is 0 Å².